The fourth-order valence-corrected chi connectivity index (χ4v) is 1.92. The topological polar surface area (TPSA) is 46.9 Å². The van der Waals surface area contributed by atoms with Crippen molar-refractivity contribution >= 4 is 10.8 Å². The molecule has 1 aromatic rings. The monoisotopic (exact) mass is 229 g/mol. The maximum atomic E-state index is 10.9. The van der Waals surface area contributed by atoms with Gasteiger partial charge in [0.25, 0.3) is 0 Å². The highest BCUT2D eigenvalue weighted by Crippen LogP contribution is 2.01. The van der Waals surface area contributed by atoms with Crippen LogP contribution in [-0.2, 0) is 23.9 Å². The number of aryl methyl sites for hydroxylation is 1. The van der Waals surface area contributed by atoms with Gasteiger partial charge in [-0.3, -0.25) is 4.21 Å². The van der Waals surface area contributed by atoms with Crippen LogP contribution in [0.5, 0.6) is 0 Å². The van der Waals surface area contributed by atoms with Crippen LogP contribution < -0.4 is 5.32 Å². The number of hydrogen-bond acceptors (Lipinski definition) is 3. The Morgan fingerprint density at radius 1 is 1.60 bits per heavy atom. The van der Waals surface area contributed by atoms with Crippen molar-refractivity contribution < 1.29 is 4.21 Å². The predicted octanol–water partition coefficient (Wildman–Crippen LogP) is 0.761. The second-order valence-electron chi connectivity index (χ2n) is 3.49. The Kier molecular flexibility index (Phi) is 5.57. The van der Waals surface area contributed by atoms with Crippen molar-refractivity contribution in [3.05, 3.63) is 18.2 Å². The minimum atomic E-state index is -0.688. The summed E-state index contributed by atoms with van der Waals surface area (Å²) in [6, 6.07) is 0. The number of nitrogens with zero attached hydrogens (tertiary/aromatic N) is 2. The molecule has 0 saturated heterocycles. The van der Waals surface area contributed by atoms with Gasteiger partial charge in [0.15, 0.2) is 0 Å². The maximum absolute atomic E-state index is 10.9. The van der Waals surface area contributed by atoms with Crippen LogP contribution in [0.25, 0.3) is 0 Å². The van der Waals surface area contributed by atoms with E-state index in [9.17, 15) is 4.21 Å². The molecular weight excluding hydrogens is 210 g/mol. The van der Waals surface area contributed by atoms with Crippen LogP contribution in [0.15, 0.2) is 12.5 Å². The van der Waals surface area contributed by atoms with Gasteiger partial charge in [-0.25, -0.2) is 4.98 Å². The van der Waals surface area contributed by atoms with Crippen LogP contribution in [0.4, 0.5) is 0 Å². The molecule has 5 heteroatoms. The van der Waals surface area contributed by atoms with Gasteiger partial charge in [-0.2, -0.15) is 0 Å². The largest absolute Gasteiger partial charge is 0.333 e. The molecule has 0 aromatic carbocycles. The van der Waals surface area contributed by atoms with Gasteiger partial charge in [-0.15, -0.1) is 0 Å². The first-order chi connectivity index (χ1) is 7.24. The summed E-state index contributed by atoms with van der Waals surface area (Å²) < 4.78 is 13.0. The van der Waals surface area contributed by atoms with Gasteiger partial charge in [0.2, 0.25) is 0 Å². The van der Waals surface area contributed by atoms with E-state index in [1.165, 1.54) is 5.69 Å². The Morgan fingerprint density at radius 3 is 3.07 bits per heavy atom. The van der Waals surface area contributed by atoms with Crippen molar-refractivity contribution in [2.45, 2.75) is 26.4 Å². The molecule has 0 spiro atoms. The van der Waals surface area contributed by atoms with Crippen molar-refractivity contribution in [3.63, 3.8) is 0 Å². The summed E-state index contributed by atoms with van der Waals surface area (Å²) in [5.74, 6) is 0.763. The van der Waals surface area contributed by atoms with Gasteiger partial charge in [0, 0.05) is 42.1 Å². The van der Waals surface area contributed by atoms with Crippen LogP contribution in [0.2, 0.25) is 0 Å². The van der Waals surface area contributed by atoms with Gasteiger partial charge >= 0.3 is 0 Å². The fourth-order valence-electron chi connectivity index (χ4n) is 1.39. The standard InChI is InChI=1S/C10H19N3OS/c1-3-11-7-10-8-12-9-13(10)5-4-6-15(2)14/h8-9,11H,3-7H2,1-2H3. The molecule has 0 bridgehead atoms. The van der Waals surface area contributed by atoms with E-state index in [1.807, 2.05) is 12.5 Å². The molecule has 1 rings (SSSR count). The first-order valence-corrected chi connectivity index (χ1v) is 6.96. The Balaban J connectivity index is 2.39. The first-order valence-electron chi connectivity index (χ1n) is 5.23. The molecule has 0 radical (unpaired) electrons. The lowest BCUT2D eigenvalue weighted by Crippen LogP contribution is -2.15. The Morgan fingerprint density at radius 2 is 2.40 bits per heavy atom. The molecule has 1 heterocycles. The van der Waals surface area contributed by atoms with E-state index in [0.717, 1.165) is 31.8 Å². The second-order valence-corrected chi connectivity index (χ2v) is 5.04. The molecule has 0 aliphatic rings. The third-order valence-corrected chi connectivity index (χ3v) is 3.05. The van der Waals surface area contributed by atoms with E-state index in [0.29, 0.717) is 0 Å². The molecule has 0 aliphatic heterocycles. The first kappa shape index (κ1) is 12.4. The molecule has 15 heavy (non-hydrogen) atoms. The van der Waals surface area contributed by atoms with Gasteiger partial charge < -0.3 is 9.88 Å². The van der Waals surface area contributed by atoms with Crippen molar-refractivity contribution in [3.8, 4) is 0 Å². The third-order valence-electron chi connectivity index (χ3n) is 2.19. The zero-order valence-corrected chi connectivity index (χ0v) is 10.2. The molecular formula is C10H19N3OS. The van der Waals surface area contributed by atoms with Gasteiger partial charge in [0.05, 0.1) is 12.0 Å². The van der Waals surface area contributed by atoms with E-state index >= 15 is 0 Å². The summed E-state index contributed by atoms with van der Waals surface area (Å²) in [6.07, 6.45) is 6.41. The van der Waals surface area contributed by atoms with Crippen LogP contribution in [0.3, 0.4) is 0 Å². The van der Waals surface area contributed by atoms with Crippen molar-refractivity contribution in [1.29, 1.82) is 0 Å². The number of imidazole rings is 1. The van der Waals surface area contributed by atoms with Crippen LogP contribution in [0.1, 0.15) is 19.0 Å². The molecule has 4 nitrogen and oxygen atoms in total. The molecule has 0 amide bonds. The highest BCUT2D eigenvalue weighted by atomic mass is 32.2. The summed E-state index contributed by atoms with van der Waals surface area (Å²) in [4.78, 5) is 4.12. The number of hydrogen-bond donors (Lipinski definition) is 1. The average Bonchev–Trinajstić information content (AvgIpc) is 2.62. The lowest BCUT2D eigenvalue weighted by Gasteiger charge is -2.07. The van der Waals surface area contributed by atoms with Crippen LogP contribution in [-0.4, -0.2) is 32.3 Å². The van der Waals surface area contributed by atoms with E-state index in [2.05, 4.69) is 21.8 Å². The second kappa shape index (κ2) is 6.74. The molecule has 0 fully saturated rings. The quantitative estimate of drug-likeness (QED) is 0.751. The number of rotatable bonds is 7. The predicted molar refractivity (Wildman–Crippen MR) is 63.2 cm³/mol. The van der Waals surface area contributed by atoms with Crippen LogP contribution in [0, 0.1) is 0 Å². The van der Waals surface area contributed by atoms with Crippen molar-refractivity contribution in [1.82, 2.24) is 14.9 Å². The molecule has 1 atom stereocenters. The Bertz CT molecular complexity index is 311. The van der Waals surface area contributed by atoms with E-state index in [1.54, 1.807) is 6.26 Å². The van der Waals surface area contributed by atoms with Crippen molar-refractivity contribution in [2.24, 2.45) is 0 Å². The SMILES string of the molecule is CCNCc1cncn1CCCS(C)=O. The number of nitrogens with one attached hydrogen (secondary N) is 1. The van der Waals surface area contributed by atoms with Gasteiger partial charge in [-0.1, -0.05) is 6.92 Å². The highest BCUT2D eigenvalue weighted by molar-refractivity contribution is 7.84. The summed E-state index contributed by atoms with van der Waals surface area (Å²) >= 11 is 0. The van der Waals surface area contributed by atoms with Crippen LogP contribution >= 0.6 is 0 Å². The summed E-state index contributed by atoms with van der Waals surface area (Å²) in [7, 11) is -0.688. The van der Waals surface area contributed by atoms with E-state index < -0.39 is 10.8 Å². The molecule has 0 saturated carbocycles. The molecule has 1 unspecified atom stereocenters. The average molecular weight is 229 g/mol. The normalized spacial score (nSPS) is 12.9. The summed E-state index contributed by atoms with van der Waals surface area (Å²) in [5.41, 5.74) is 1.19. The minimum absolute atomic E-state index is 0.688. The minimum Gasteiger partial charge on any atom is -0.333 e. The third kappa shape index (κ3) is 4.57. The lowest BCUT2D eigenvalue weighted by atomic mass is 10.4. The molecule has 0 aliphatic carbocycles. The molecule has 1 aromatic heterocycles. The summed E-state index contributed by atoms with van der Waals surface area (Å²) in [6.45, 7) is 4.80. The Labute approximate surface area is 93.5 Å². The Hall–Kier alpha value is -0.680. The molecule has 86 valence electrons. The number of aromatic nitrogens is 2. The zero-order chi connectivity index (χ0) is 11.1. The lowest BCUT2D eigenvalue weighted by molar-refractivity contribution is 0.610. The molecule has 1 N–H and O–H groups in total. The zero-order valence-electron chi connectivity index (χ0n) is 9.40. The summed E-state index contributed by atoms with van der Waals surface area (Å²) in [5, 5.41) is 3.27. The van der Waals surface area contributed by atoms with Gasteiger partial charge in [0.1, 0.15) is 0 Å². The maximum Gasteiger partial charge on any atom is 0.0948 e. The van der Waals surface area contributed by atoms with E-state index in [-0.39, 0.29) is 0 Å². The van der Waals surface area contributed by atoms with E-state index in [4.69, 9.17) is 0 Å². The fraction of sp³-hybridized carbons (Fsp3) is 0.700. The highest BCUT2D eigenvalue weighted by Gasteiger charge is 2.01. The van der Waals surface area contributed by atoms with Gasteiger partial charge in [-0.05, 0) is 13.0 Å². The van der Waals surface area contributed by atoms with Crippen molar-refractivity contribution in [2.75, 3.05) is 18.6 Å². The smallest absolute Gasteiger partial charge is 0.0948 e.